The highest BCUT2D eigenvalue weighted by Gasteiger charge is 2.08. The fraction of sp³-hybridized carbons (Fsp3) is 0.417. The Morgan fingerprint density at radius 3 is 2.69 bits per heavy atom. The van der Waals surface area contributed by atoms with Gasteiger partial charge in [0.05, 0.1) is 5.56 Å². The summed E-state index contributed by atoms with van der Waals surface area (Å²) >= 11 is 1.43. The summed E-state index contributed by atoms with van der Waals surface area (Å²) in [7, 11) is 0. The third-order valence-electron chi connectivity index (χ3n) is 2.13. The van der Waals surface area contributed by atoms with Crippen molar-refractivity contribution in [2.24, 2.45) is 5.92 Å². The van der Waals surface area contributed by atoms with Gasteiger partial charge in [0.15, 0.2) is 0 Å². The van der Waals surface area contributed by atoms with Crippen LogP contribution in [-0.4, -0.2) is 16.8 Å². The van der Waals surface area contributed by atoms with Crippen molar-refractivity contribution < 1.29 is 14.3 Å². The molecule has 0 saturated heterocycles. The van der Waals surface area contributed by atoms with Crippen LogP contribution in [0.3, 0.4) is 0 Å². The highest BCUT2D eigenvalue weighted by molar-refractivity contribution is 7.99. The van der Waals surface area contributed by atoms with E-state index in [2.05, 4.69) is 13.8 Å². The number of carboxylic acid groups (broad SMARTS) is 1. The maximum Gasteiger partial charge on any atom is 0.335 e. The van der Waals surface area contributed by atoms with Gasteiger partial charge < -0.3 is 5.11 Å². The first-order valence-electron chi connectivity index (χ1n) is 5.16. The summed E-state index contributed by atoms with van der Waals surface area (Å²) < 4.78 is 13.5. The first-order chi connectivity index (χ1) is 7.50. The Kier molecular flexibility index (Phi) is 4.80. The van der Waals surface area contributed by atoms with Crippen molar-refractivity contribution in [2.75, 3.05) is 5.75 Å². The van der Waals surface area contributed by atoms with Crippen LogP contribution in [0.2, 0.25) is 0 Å². The van der Waals surface area contributed by atoms with E-state index in [0.717, 1.165) is 18.2 Å². The van der Waals surface area contributed by atoms with Crippen molar-refractivity contribution in [1.82, 2.24) is 0 Å². The minimum atomic E-state index is -1.10. The molecule has 0 atom stereocenters. The molecule has 4 heteroatoms. The normalized spacial score (nSPS) is 10.8. The minimum Gasteiger partial charge on any atom is -0.478 e. The molecule has 1 aromatic rings. The SMILES string of the molecule is CC(C)CCSc1ccc(C(=O)O)cc1F. The molecule has 0 radical (unpaired) electrons. The van der Waals surface area contributed by atoms with Gasteiger partial charge in [-0.3, -0.25) is 0 Å². The van der Waals surface area contributed by atoms with Gasteiger partial charge in [-0.05, 0) is 36.3 Å². The van der Waals surface area contributed by atoms with Gasteiger partial charge in [-0.2, -0.15) is 0 Å². The highest BCUT2D eigenvalue weighted by Crippen LogP contribution is 2.24. The zero-order chi connectivity index (χ0) is 12.1. The number of hydrogen-bond acceptors (Lipinski definition) is 2. The number of aromatic carboxylic acids is 1. The number of thioether (sulfide) groups is 1. The summed E-state index contributed by atoms with van der Waals surface area (Å²) in [4.78, 5) is 11.1. The zero-order valence-electron chi connectivity index (χ0n) is 9.37. The van der Waals surface area contributed by atoms with E-state index in [4.69, 9.17) is 5.11 Å². The summed E-state index contributed by atoms with van der Waals surface area (Å²) in [6.07, 6.45) is 1.02. The number of rotatable bonds is 5. The van der Waals surface area contributed by atoms with Gasteiger partial charge in [0.2, 0.25) is 0 Å². The zero-order valence-corrected chi connectivity index (χ0v) is 10.2. The number of carbonyl (C=O) groups is 1. The summed E-state index contributed by atoms with van der Waals surface area (Å²) in [5.41, 5.74) is -0.00860. The van der Waals surface area contributed by atoms with Crippen molar-refractivity contribution in [3.05, 3.63) is 29.6 Å². The number of hydrogen-bond donors (Lipinski definition) is 1. The Balaban J connectivity index is 2.64. The Morgan fingerprint density at radius 1 is 1.50 bits per heavy atom. The molecule has 0 aliphatic heterocycles. The lowest BCUT2D eigenvalue weighted by atomic mass is 10.2. The van der Waals surface area contributed by atoms with E-state index in [1.165, 1.54) is 23.9 Å². The first kappa shape index (κ1) is 13.0. The Morgan fingerprint density at radius 2 is 2.19 bits per heavy atom. The quantitative estimate of drug-likeness (QED) is 0.800. The lowest BCUT2D eigenvalue weighted by Gasteiger charge is -2.06. The maximum absolute atomic E-state index is 13.5. The molecular weight excluding hydrogens is 227 g/mol. The molecular formula is C12H15FO2S. The molecule has 0 spiro atoms. The second kappa shape index (κ2) is 5.89. The van der Waals surface area contributed by atoms with Crippen LogP contribution < -0.4 is 0 Å². The molecule has 2 nitrogen and oxygen atoms in total. The molecule has 0 aliphatic carbocycles. The molecule has 0 aliphatic rings. The van der Waals surface area contributed by atoms with Crippen LogP contribution in [0.5, 0.6) is 0 Å². The number of halogens is 1. The van der Waals surface area contributed by atoms with Crippen LogP contribution >= 0.6 is 11.8 Å². The predicted octanol–water partition coefficient (Wildman–Crippen LogP) is 3.66. The second-order valence-corrected chi connectivity index (χ2v) is 5.12. The summed E-state index contributed by atoms with van der Waals surface area (Å²) in [5, 5.41) is 8.68. The van der Waals surface area contributed by atoms with Crippen LogP contribution in [0.15, 0.2) is 23.1 Å². The fourth-order valence-corrected chi connectivity index (χ4v) is 2.33. The van der Waals surface area contributed by atoms with Gasteiger partial charge in [0.25, 0.3) is 0 Å². The van der Waals surface area contributed by atoms with Gasteiger partial charge in [0.1, 0.15) is 5.82 Å². The summed E-state index contributed by atoms with van der Waals surface area (Å²) in [5.74, 6) is -0.110. The maximum atomic E-state index is 13.5. The topological polar surface area (TPSA) is 37.3 Å². The molecule has 0 aromatic heterocycles. The Bertz CT molecular complexity index is 377. The van der Waals surface area contributed by atoms with E-state index >= 15 is 0 Å². The van der Waals surface area contributed by atoms with E-state index < -0.39 is 11.8 Å². The van der Waals surface area contributed by atoms with Gasteiger partial charge in [-0.25, -0.2) is 9.18 Å². The van der Waals surface area contributed by atoms with Crippen molar-refractivity contribution in [2.45, 2.75) is 25.2 Å². The Labute approximate surface area is 98.9 Å². The van der Waals surface area contributed by atoms with E-state index in [0.29, 0.717) is 10.8 Å². The fourth-order valence-electron chi connectivity index (χ4n) is 1.16. The van der Waals surface area contributed by atoms with Crippen molar-refractivity contribution in [3.8, 4) is 0 Å². The van der Waals surface area contributed by atoms with Crippen molar-refractivity contribution in [3.63, 3.8) is 0 Å². The summed E-state index contributed by atoms with van der Waals surface area (Å²) in [6, 6.07) is 4.03. The van der Waals surface area contributed by atoms with Gasteiger partial charge >= 0.3 is 5.97 Å². The van der Waals surface area contributed by atoms with Crippen molar-refractivity contribution in [1.29, 1.82) is 0 Å². The lowest BCUT2D eigenvalue weighted by Crippen LogP contribution is -1.97. The Hall–Kier alpha value is -1.03. The molecule has 0 heterocycles. The smallest absolute Gasteiger partial charge is 0.335 e. The van der Waals surface area contributed by atoms with E-state index in [-0.39, 0.29) is 5.56 Å². The van der Waals surface area contributed by atoms with Gasteiger partial charge in [-0.15, -0.1) is 11.8 Å². The van der Waals surface area contributed by atoms with E-state index in [1.54, 1.807) is 0 Å². The van der Waals surface area contributed by atoms with Crippen LogP contribution in [0.1, 0.15) is 30.6 Å². The largest absolute Gasteiger partial charge is 0.478 e. The lowest BCUT2D eigenvalue weighted by molar-refractivity contribution is 0.0696. The number of benzene rings is 1. The third kappa shape index (κ3) is 3.85. The van der Waals surface area contributed by atoms with Crippen LogP contribution in [0.4, 0.5) is 4.39 Å². The molecule has 1 aromatic carbocycles. The predicted molar refractivity (Wildman–Crippen MR) is 63.5 cm³/mol. The van der Waals surface area contributed by atoms with Gasteiger partial charge in [-0.1, -0.05) is 13.8 Å². The average molecular weight is 242 g/mol. The van der Waals surface area contributed by atoms with Crippen LogP contribution in [-0.2, 0) is 0 Å². The molecule has 0 fully saturated rings. The molecule has 88 valence electrons. The molecule has 1 N–H and O–H groups in total. The number of carboxylic acids is 1. The standard InChI is InChI=1S/C12H15FO2S/c1-8(2)5-6-16-11-4-3-9(12(14)15)7-10(11)13/h3-4,7-8H,5-6H2,1-2H3,(H,14,15). The van der Waals surface area contributed by atoms with E-state index in [9.17, 15) is 9.18 Å². The monoisotopic (exact) mass is 242 g/mol. The minimum absolute atomic E-state index is 0.00860. The second-order valence-electron chi connectivity index (χ2n) is 3.98. The highest BCUT2D eigenvalue weighted by atomic mass is 32.2. The van der Waals surface area contributed by atoms with Crippen LogP contribution in [0.25, 0.3) is 0 Å². The molecule has 0 bridgehead atoms. The molecule has 16 heavy (non-hydrogen) atoms. The molecule has 0 saturated carbocycles. The van der Waals surface area contributed by atoms with E-state index in [1.807, 2.05) is 0 Å². The molecule has 0 amide bonds. The average Bonchev–Trinajstić information content (AvgIpc) is 2.19. The first-order valence-corrected chi connectivity index (χ1v) is 6.15. The molecule has 1 rings (SSSR count). The van der Waals surface area contributed by atoms with Crippen molar-refractivity contribution >= 4 is 17.7 Å². The molecule has 0 unspecified atom stereocenters. The third-order valence-corrected chi connectivity index (χ3v) is 3.21. The van der Waals surface area contributed by atoms with Gasteiger partial charge in [0, 0.05) is 4.90 Å². The summed E-state index contributed by atoms with van der Waals surface area (Å²) in [6.45, 7) is 4.23. The van der Waals surface area contributed by atoms with Crippen LogP contribution in [0, 0.1) is 11.7 Å².